The molecule has 20 heavy (non-hydrogen) atoms. The van der Waals surface area contributed by atoms with Crippen LogP contribution in [0.25, 0.3) is 10.9 Å². The van der Waals surface area contributed by atoms with Crippen molar-refractivity contribution in [2.24, 2.45) is 0 Å². The first-order chi connectivity index (χ1) is 9.49. The minimum atomic E-state index is -1.87. The molecule has 0 unspecified atom stereocenters. The van der Waals surface area contributed by atoms with Gasteiger partial charge in [-0.3, -0.25) is 0 Å². The number of fused-ring (bicyclic) bond motifs is 1. The SMILES string of the molecule is Nc1ccc2ncnc(NC=C(C(=O)[O-])C(=O)[O-])c2c1. The number of benzene rings is 1. The summed E-state index contributed by atoms with van der Waals surface area (Å²) in [6.07, 6.45) is 1.97. The summed E-state index contributed by atoms with van der Waals surface area (Å²) in [6, 6.07) is 4.87. The first-order valence-corrected chi connectivity index (χ1v) is 5.38. The molecule has 0 bridgehead atoms. The van der Waals surface area contributed by atoms with E-state index in [2.05, 4.69) is 15.3 Å². The van der Waals surface area contributed by atoms with Crippen LogP contribution in [0.15, 0.2) is 36.3 Å². The van der Waals surface area contributed by atoms with E-state index in [4.69, 9.17) is 5.73 Å². The van der Waals surface area contributed by atoms with Gasteiger partial charge >= 0.3 is 0 Å². The van der Waals surface area contributed by atoms with E-state index in [0.717, 1.165) is 6.20 Å². The summed E-state index contributed by atoms with van der Waals surface area (Å²) in [5.74, 6) is -3.52. The zero-order valence-electron chi connectivity index (χ0n) is 9.99. The lowest BCUT2D eigenvalue weighted by Crippen LogP contribution is -2.36. The molecule has 2 aromatic rings. The Bertz CT molecular complexity index is 710. The lowest BCUT2D eigenvalue weighted by molar-refractivity contribution is -0.312. The maximum absolute atomic E-state index is 10.6. The van der Waals surface area contributed by atoms with Crippen molar-refractivity contribution >= 4 is 34.3 Å². The number of nitrogens with one attached hydrogen (secondary N) is 1. The molecular formula is C12H8N4O4-2. The number of carboxylic acids is 2. The van der Waals surface area contributed by atoms with E-state index in [1.54, 1.807) is 18.2 Å². The zero-order chi connectivity index (χ0) is 14.7. The molecule has 0 saturated carbocycles. The van der Waals surface area contributed by atoms with Crippen LogP contribution in [-0.4, -0.2) is 21.9 Å². The molecule has 102 valence electrons. The highest BCUT2D eigenvalue weighted by molar-refractivity contribution is 6.11. The van der Waals surface area contributed by atoms with Gasteiger partial charge in [0.05, 0.1) is 17.5 Å². The number of carboxylic acid groups (broad SMARTS) is 2. The number of aromatic nitrogens is 2. The minimum Gasteiger partial charge on any atom is -0.545 e. The molecule has 3 N–H and O–H groups in total. The van der Waals surface area contributed by atoms with E-state index in [1.165, 1.54) is 6.33 Å². The summed E-state index contributed by atoms with van der Waals surface area (Å²) in [7, 11) is 0. The van der Waals surface area contributed by atoms with Gasteiger partial charge in [-0.15, -0.1) is 0 Å². The zero-order valence-corrected chi connectivity index (χ0v) is 9.99. The quantitative estimate of drug-likeness (QED) is 0.281. The highest BCUT2D eigenvalue weighted by Gasteiger charge is 2.04. The number of nitrogens with zero attached hydrogens (tertiary/aromatic N) is 2. The highest BCUT2D eigenvalue weighted by Crippen LogP contribution is 2.21. The van der Waals surface area contributed by atoms with Gasteiger partial charge in [-0.25, -0.2) is 9.97 Å². The number of carbonyl (C=O) groups is 2. The van der Waals surface area contributed by atoms with Crippen molar-refractivity contribution in [1.82, 2.24) is 9.97 Å². The molecule has 0 saturated heterocycles. The molecule has 0 spiro atoms. The molecule has 8 nitrogen and oxygen atoms in total. The molecule has 0 amide bonds. The van der Waals surface area contributed by atoms with Gasteiger partial charge in [-0.1, -0.05) is 0 Å². The highest BCUT2D eigenvalue weighted by atomic mass is 16.4. The maximum atomic E-state index is 10.6. The van der Waals surface area contributed by atoms with Gasteiger partial charge in [0.15, 0.2) is 0 Å². The van der Waals surface area contributed by atoms with Crippen LogP contribution in [0, 0.1) is 0 Å². The van der Waals surface area contributed by atoms with E-state index in [-0.39, 0.29) is 5.82 Å². The van der Waals surface area contributed by atoms with Crippen LogP contribution in [0.4, 0.5) is 11.5 Å². The third kappa shape index (κ3) is 2.64. The standard InChI is InChI=1S/C12H10N4O4/c13-6-1-2-9-7(3-6)10(16-5-15-9)14-4-8(11(17)18)12(19)20/h1-5H,13H2,(H,17,18)(H,19,20)(H,14,15,16)/p-2. The lowest BCUT2D eigenvalue weighted by atomic mass is 10.2. The van der Waals surface area contributed by atoms with E-state index >= 15 is 0 Å². The summed E-state index contributed by atoms with van der Waals surface area (Å²) in [4.78, 5) is 29.1. The number of nitrogen functional groups attached to an aromatic ring is 1. The third-order valence-corrected chi connectivity index (χ3v) is 2.45. The maximum Gasteiger partial charge on any atom is 0.141 e. The second-order valence-electron chi connectivity index (χ2n) is 3.78. The van der Waals surface area contributed by atoms with Crippen molar-refractivity contribution in [3.8, 4) is 0 Å². The molecule has 0 aliphatic rings. The Morgan fingerprint density at radius 2 is 1.90 bits per heavy atom. The second kappa shape index (κ2) is 5.22. The summed E-state index contributed by atoms with van der Waals surface area (Å²) in [6.45, 7) is 0. The third-order valence-electron chi connectivity index (χ3n) is 2.45. The molecule has 0 aliphatic carbocycles. The van der Waals surface area contributed by atoms with E-state index in [1.807, 2.05) is 0 Å². The Labute approximate surface area is 112 Å². The Hall–Kier alpha value is -3.16. The number of anilines is 2. The largest absolute Gasteiger partial charge is 0.545 e. The van der Waals surface area contributed by atoms with Gasteiger partial charge in [0.25, 0.3) is 0 Å². The average molecular weight is 272 g/mol. The molecule has 8 heteroatoms. The molecule has 1 aromatic carbocycles. The Morgan fingerprint density at radius 3 is 2.55 bits per heavy atom. The van der Waals surface area contributed by atoms with Crippen LogP contribution in [0.3, 0.4) is 0 Å². The molecular weight excluding hydrogens is 264 g/mol. The molecule has 0 fully saturated rings. The van der Waals surface area contributed by atoms with Crippen molar-refractivity contribution in [3.05, 3.63) is 36.3 Å². The van der Waals surface area contributed by atoms with Crippen molar-refractivity contribution in [1.29, 1.82) is 0 Å². The van der Waals surface area contributed by atoms with Gasteiger partial charge in [0, 0.05) is 22.8 Å². The van der Waals surface area contributed by atoms with Gasteiger partial charge in [0.2, 0.25) is 0 Å². The number of rotatable bonds is 4. The van der Waals surface area contributed by atoms with Crippen molar-refractivity contribution in [2.45, 2.75) is 0 Å². The van der Waals surface area contributed by atoms with Crippen molar-refractivity contribution in [3.63, 3.8) is 0 Å². The summed E-state index contributed by atoms with van der Waals surface area (Å²) in [5.41, 5.74) is 5.63. The molecule has 0 radical (unpaired) electrons. The first kappa shape index (κ1) is 13.3. The second-order valence-corrected chi connectivity index (χ2v) is 3.78. The minimum absolute atomic E-state index is 0.210. The normalized spacial score (nSPS) is 10.0. The fraction of sp³-hybridized carbons (Fsp3) is 0. The van der Waals surface area contributed by atoms with Gasteiger partial charge < -0.3 is 30.9 Å². The molecule has 0 aliphatic heterocycles. The van der Waals surface area contributed by atoms with Gasteiger partial charge in [-0.2, -0.15) is 0 Å². The topological polar surface area (TPSA) is 144 Å². The summed E-state index contributed by atoms with van der Waals surface area (Å²) >= 11 is 0. The van der Waals surface area contributed by atoms with E-state index in [0.29, 0.717) is 16.6 Å². The van der Waals surface area contributed by atoms with Gasteiger partial charge in [0.1, 0.15) is 12.1 Å². The Kier molecular flexibility index (Phi) is 3.47. The van der Waals surface area contributed by atoms with Crippen LogP contribution in [-0.2, 0) is 9.59 Å². The number of hydrogen-bond donors (Lipinski definition) is 2. The van der Waals surface area contributed by atoms with Gasteiger partial charge in [-0.05, 0) is 18.2 Å². The first-order valence-electron chi connectivity index (χ1n) is 5.38. The summed E-state index contributed by atoms with van der Waals surface area (Å²) < 4.78 is 0. The van der Waals surface area contributed by atoms with Crippen molar-refractivity contribution in [2.75, 3.05) is 11.1 Å². The van der Waals surface area contributed by atoms with Crippen LogP contribution in [0.2, 0.25) is 0 Å². The smallest absolute Gasteiger partial charge is 0.141 e. The fourth-order valence-corrected chi connectivity index (χ4v) is 1.53. The Balaban J connectivity index is 2.44. The molecule has 2 rings (SSSR count). The van der Waals surface area contributed by atoms with E-state index in [9.17, 15) is 19.8 Å². The molecule has 1 aromatic heterocycles. The summed E-state index contributed by atoms with van der Waals surface area (Å²) in [5, 5.41) is 24.2. The number of hydrogen-bond acceptors (Lipinski definition) is 8. The molecule has 1 heterocycles. The lowest BCUT2D eigenvalue weighted by Gasteiger charge is -2.11. The average Bonchev–Trinajstić information content (AvgIpc) is 2.38. The fourth-order valence-electron chi connectivity index (χ4n) is 1.53. The molecule has 0 atom stereocenters. The van der Waals surface area contributed by atoms with Crippen LogP contribution < -0.4 is 21.3 Å². The number of nitrogens with two attached hydrogens (primary N) is 1. The van der Waals surface area contributed by atoms with Crippen molar-refractivity contribution < 1.29 is 19.8 Å². The van der Waals surface area contributed by atoms with Crippen LogP contribution in [0.1, 0.15) is 0 Å². The van der Waals surface area contributed by atoms with E-state index < -0.39 is 17.5 Å². The predicted octanol–water partition coefficient (Wildman–Crippen LogP) is -1.99. The predicted molar refractivity (Wildman–Crippen MR) is 65.7 cm³/mol. The monoisotopic (exact) mass is 272 g/mol. The number of aliphatic carboxylic acids is 2. The number of carbonyl (C=O) groups excluding carboxylic acids is 2. The van der Waals surface area contributed by atoms with Crippen LogP contribution in [0.5, 0.6) is 0 Å². The Morgan fingerprint density at radius 1 is 1.20 bits per heavy atom. The van der Waals surface area contributed by atoms with Crippen LogP contribution >= 0.6 is 0 Å².